The number of rotatable bonds is 1. The zero-order valence-corrected chi connectivity index (χ0v) is 6.49. The van der Waals surface area contributed by atoms with Crippen molar-refractivity contribution >= 4 is 9.24 Å². The van der Waals surface area contributed by atoms with Crippen LogP contribution in [0.25, 0.3) is 0 Å². The fourth-order valence-electron chi connectivity index (χ4n) is 0.637. The molecule has 0 aliphatic rings. The summed E-state index contributed by atoms with van der Waals surface area (Å²) in [6.45, 7) is 1.96. The van der Waals surface area contributed by atoms with Crippen molar-refractivity contribution in [3.05, 3.63) is 23.8 Å². The van der Waals surface area contributed by atoms with E-state index < -0.39 is 0 Å². The maximum atomic E-state index is 4.11. The molecular formula is C6H9N2P. The summed E-state index contributed by atoms with van der Waals surface area (Å²) in [5.41, 5.74) is 2.08. The first-order valence-corrected chi connectivity index (χ1v) is 3.63. The van der Waals surface area contributed by atoms with Gasteiger partial charge in [-0.15, -0.1) is 9.24 Å². The molecule has 0 bridgehead atoms. The molecule has 0 aliphatic carbocycles. The van der Waals surface area contributed by atoms with E-state index in [1.54, 1.807) is 12.4 Å². The van der Waals surface area contributed by atoms with E-state index in [1.807, 2.05) is 6.92 Å². The van der Waals surface area contributed by atoms with Crippen molar-refractivity contribution in [2.24, 2.45) is 0 Å². The van der Waals surface area contributed by atoms with E-state index in [0.29, 0.717) is 0 Å². The Bertz CT molecular complexity index is 200. The van der Waals surface area contributed by atoms with Crippen LogP contribution in [0.15, 0.2) is 12.4 Å². The van der Waals surface area contributed by atoms with Crippen LogP contribution in [0.3, 0.4) is 0 Å². The molecule has 1 aromatic heterocycles. The van der Waals surface area contributed by atoms with Crippen molar-refractivity contribution in [2.75, 3.05) is 0 Å². The largest absolute Gasteiger partial charge is 0.258 e. The molecule has 0 spiro atoms. The zero-order chi connectivity index (χ0) is 6.69. The van der Waals surface area contributed by atoms with Crippen molar-refractivity contribution < 1.29 is 0 Å². The molecule has 3 heteroatoms. The number of hydrogen-bond donors (Lipinski definition) is 0. The van der Waals surface area contributed by atoms with Gasteiger partial charge in [0.05, 0.1) is 11.4 Å². The first-order valence-electron chi connectivity index (χ1n) is 2.81. The van der Waals surface area contributed by atoms with E-state index in [2.05, 4.69) is 19.2 Å². The molecule has 48 valence electrons. The molecule has 1 unspecified atom stereocenters. The van der Waals surface area contributed by atoms with Crippen LogP contribution in [-0.4, -0.2) is 9.97 Å². The normalized spacial score (nSPS) is 9.56. The summed E-state index contributed by atoms with van der Waals surface area (Å²) in [6, 6.07) is 0. The quantitative estimate of drug-likeness (QED) is 0.547. The topological polar surface area (TPSA) is 25.8 Å². The van der Waals surface area contributed by atoms with Gasteiger partial charge >= 0.3 is 0 Å². The van der Waals surface area contributed by atoms with Crippen LogP contribution in [-0.2, 0) is 6.16 Å². The summed E-state index contributed by atoms with van der Waals surface area (Å²) < 4.78 is 0. The summed E-state index contributed by atoms with van der Waals surface area (Å²) in [7, 11) is 2.62. The van der Waals surface area contributed by atoms with Gasteiger partial charge in [-0.25, -0.2) is 0 Å². The predicted octanol–water partition coefficient (Wildman–Crippen LogP) is 1.16. The van der Waals surface area contributed by atoms with E-state index in [-0.39, 0.29) is 0 Å². The summed E-state index contributed by atoms with van der Waals surface area (Å²) in [6.07, 6.45) is 4.31. The minimum absolute atomic E-state index is 0.889. The van der Waals surface area contributed by atoms with Crippen LogP contribution in [0.4, 0.5) is 0 Å². The number of hydrogen-bond acceptors (Lipinski definition) is 2. The van der Waals surface area contributed by atoms with E-state index in [1.165, 1.54) is 0 Å². The van der Waals surface area contributed by atoms with Gasteiger partial charge in [-0.1, -0.05) is 0 Å². The molecule has 0 N–H and O–H groups in total. The van der Waals surface area contributed by atoms with Crippen LogP contribution in [0.1, 0.15) is 11.4 Å². The Morgan fingerprint density at radius 3 is 2.56 bits per heavy atom. The molecule has 0 radical (unpaired) electrons. The molecule has 0 aromatic carbocycles. The summed E-state index contributed by atoms with van der Waals surface area (Å²) in [4.78, 5) is 8.19. The Labute approximate surface area is 56.9 Å². The number of nitrogens with zero attached hydrogens (tertiary/aromatic N) is 2. The van der Waals surface area contributed by atoms with E-state index >= 15 is 0 Å². The van der Waals surface area contributed by atoms with E-state index in [9.17, 15) is 0 Å². The van der Waals surface area contributed by atoms with Gasteiger partial charge in [0.15, 0.2) is 0 Å². The first kappa shape index (κ1) is 6.63. The van der Waals surface area contributed by atoms with Crippen molar-refractivity contribution in [3.8, 4) is 0 Å². The van der Waals surface area contributed by atoms with Crippen LogP contribution in [0.2, 0.25) is 0 Å². The Morgan fingerprint density at radius 2 is 2.11 bits per heavy atom. The van der Waals surface area contributed by atoms with Crippen molar-refractivity contribution in [1.82, 2.24) is 9.97 Å². The lowest BCUT2D eigenvalue weighted by atomic mass is 10.4. The Hall–Kier alpha value is -0.490. The zero-order valence-electron chi connectivity index (χ0n) is 5.33. The molecule has 9 heavy (non-hydrogen) atoms. The monoisotopic (exact) mass is 140 g/mol. The summed E-state index contributed by atoms with van der Waals surface area (Å²) in [5, 5.41) is 0. The molecule has 1 rings (SSSR count). The lowest BCUT2D eigenvalue weighted by molar-refractivity contribution is 1.03. The van der Waals surface area contributed by atoms with Gasteiger partial charge in [0.1, 0.15) is 0 Å². The molecule has 1 aromatic rings. The number of aryl methyl sites for hydroxylation is 1. The van der Waals surface area contributed by atoms with Crippen LogP contribution in [0.5, 0.6) is 0 Å². The lowest BCUT2D eigenvalue weighted by Crippen LogP contribution is -1.91. The molecule has 1 heterocycles. The highest BCUT2D eigenvalue weighted by Gasteiger charge is 1.93. The van der Waals surface area contributed by atoms with Crippen LogP contribution >= 0.6 is 9.24 Å². The first-order chi connectivity index (χ1) is 4.34. The standard InChI is InChI=1S/C6H9N2P/c1-5-6(4-9)8-3-2-7-5/h2-3H,4,9H2,1H3. The SMILES string of the molecule is Cc1nccnc1CP. The van der Waals surface area contributed by atoms with Crippen molar-refractivity contribution in [1.29, 1.82) is 0 Å². The van der Waals surface area contributed by atoms with Crippen molar-refractivity contribution in [2.45, 2.75) is 13.1 Å². The molecule has 2 nitrogen and oxygen atoms in total. The minimum Gasteiger partial charge on any atom is -0.258 e. The highest BCUT2D eigenvalue weighted by Crippen LogP contribution is 2.03. The Morgan fingerprint density at radius 1 is 1.44 bits per heavy atom. The average Bonchev–Trinajstić information content (AvgIpc) is 1.89. The molecule has 0 saturated carbocycles. The van der Waals surface area contributed by atoms with Crippen molar-refractivity contribution in [3.63, 3.8) is 0 Å². The van der Waals surface area contributed by atoms with Gasteiger partial charge in [0, 0.05) is 18.6 Å². The molecule has 0 amide bonds. The lowest BCUT2D eigenvalue weighted by Gasteiger charge is -1.96. The second-order valence-corrected chi connectivity index (χ2v) is 2.20. The average molecular weight is 140 g/mol. The fraction of sp³-hybridized carbons (Fsp3) is 0.333. The molecule has 0 fully saturated rings. The third-order valence-corrected chi connectivity index (χ3v) is 1.56. The maximum absolute atomic E-state index is 4.11. The van der Waals surface area contributed by atoms with E-state index in [0.717, 1.165) is 17.5 Å². The molecule has 0 saturated heterocycles. The molecule has 0 aliphatic heterocycles. The second kappa shape index (κ2) is 2.88. The summed E-state index contributed by atoms with van der Waals surface area (Å²) in [5.74, 6) is 0. The third kappa shape index (κ3) is 1.46. The smallest absolute Gasteiger partial charge is 0.0653 e. The van der Waals surface area contributed by atoms with E-state index in [4.69, 9.17) is 0 Å². The predicted molar refractivity (Wildman–Crippen MR) is 40.2 cm³/mol. The second-order valence-electron chi connectivity index (χ2n) is 1.79. The Kier molecular flexibility index (Phi) is 2.12. The van der Waals surface area contributed by atoms with Crippen LogP contribution in [0, 0.1) is 6.92 Å². The minimum atomic E-state index is 0.889. The highest BCUT2D eigenvalue weighted by atomic mass is 31.0. The van der Waals surface area contributed by atoms with Gasteiger partial charge in [0.2, 0.25) is 0 Å². The fourth-order valence-corrected chi connectivity index (χ4v) is 1.04. The molecule has 1 atom stereocenters. The van der Waals surface area contributed by atoms with Gasteiger partial charge in [-0.2, -0.15) is 0 Å². The van der Waals surface area contributed by atoms with Gasteiger partial charge in [-0.05, 0) is 6.92 Å². The highest BCUT2D eigenvalue weighted by molar-refractivity contribution is 7.15. The molecular weight excluding hydrogens is 131 g/mol. The van der Waals surface area contributed by atoms with Gasteiger partial charge in [-0.3, -0.25) is 9.97 Å². The summed E-state index contributed by atoms with van der Waals surface area (Å²) >= 11 is 0. The Balaban J connectivity index is 3.01. The maximum Gasteiger partial charge on any atom is 0.0653 e. The van der Waals surface area contributed by atoms with Gasteiger partial charge < -0.3 is 0 Å². The third-order valence-electron chi connectivity index (χ3n) is 1.18. The van der Waals surface area contributed by atoms with Gasteiger partial charge in [0.25, 0.3) is 0 Å². The van der Waals surface area contributed by atoms with Crippen LogP contribution < -0.4 is 0 Å². The number of aromatic nitrogens is 2.